The first kappa shape index (κ1) is 19.6. The Hall–Kier alpha value is -3.74. The Balaban J connectivity index is 2.02. The Morgan fingerprint density at radius 1 is 0.963 bits per heavy atom. The third-order valence-corrected chi connectivity index (χ3v) is 3.61. The van der Waals surface area contributed by atoms with Crippen LogP contribution in [0.5, 0.6) is 0 Å². The first-order chi connectivity index (χ1) is 12.9. The largest absolute Gasteiger partial charge is 0.399 e. The molecule has 2 atom stereocenters. The van der Waals surface area contributed by atoms with Crippen molar-refractivity contribution in [2.45, 2.75) is 19.1 Å². The van der Waals surface area contributed by atoms with E-state index in [9.17, 15) is 14.7 Å². The Morgan fingerprint density at radius 3 is 1.89 bits per heavy atom. The van der Waals surface area contributed by atoms with Gasteiger partial charge in [-0.25, -0.2) is 0 Å². The van der Waals surface area contributed by atoms with Gasteiger partial charge in [0.15, 0.2) is 0 Å². The first-order valence-corrected chi connectivity index (χ1v) is 8.12. The van der Waals surface area contributed by atoms with E-state index in [0.717, 1.165) is 5.56 Å². The second-order valence-corrected chi connectivity index (χ2v) is 5.79. The molecule has 2 amide bonds. The molecule has 0 radical (unpaired) electrons. The van der Waals surface area contributed by atoms with Gasteiger partial charge in [0.25, 0.3) is 5.91 Å². The van der Waals surface area contributed by atoms with Crippen molar-refractivity contribution in [2.75, 3.05) is 5.73 Å². The summed E-state index contributed by atoms with van der Waals surface area (Å²) in [5, 5.41) is 11.9. The Labute approximate surface area is 157 Å². The molecule has 2 rings (SSSR count). The first-order valence-electron chi connectivity index (χ1n) is 8.12. The monoisotopic (exact) mass is 361 g/mol. The molecule has 0 fully saturated rings. The van der Waals surface area contributed by atoms with E-state index in [1.165, 1.54) is 6.92 Å². The molecule has 6 N–H and O–H groups in total. The number of anilines is 1. The zero-order valence-corrected chi connectivity index (χ0v) is 14.7. The predicted octanol–water partition coefficient (Wildman–Crippen LogP) is 0.637. The molecule has 0 spiro atoms. The van der Waals surface area contributed by atoms with Crippen LogP contribution in [0.1, 0.15) is 28.4 Å². The number of primary amides is 1. The fraction of sp³-hybridized carbons (Fsp3) is 0.143. The summed E-state index contributed by atoms with van der Waals surface area (Å²) in [6.45, 7) is 1.37. The number of nitrogens with two attached hydrogens (primary N) is 2. The van der Waals surface area contributed by atoms with E-state index in [-0.39, 0.29) is 0 Å². The smallest absolute Gasteiger partial charge is 0.252 e. The van der Waals surface area contributed by atoms with E-state index in [0.29, 0.717) is 16.8 Å². The van der Waals surface area contributed by atoms with E-state index < -0.39 is 24.0 Å². The number of amides is 2. The molecule has 0 aromatic heterocycles. The number of benzene rings is 2. The van der Waals surface area contributed by atoms with Gasteiger partial charge in [-0.1, -0.05) is 11.8 Å². The van der Waals surface area contributed by atoms with Crippen molar-refractivity contribution in [1.82, 2.24) is 5.32 Å². The molecule has 0 heterocycles. The summed E-state index contributed by atoms with van der Waals surface area (Å²) >= 11 is 0. The third-order valence-electron chi connectivity index (χ3n) is 3.61. The van der Waals surface area contributed by atoms with Gasteiger partial charge in [0.1, 0.15) is 6.04 Å². The number of hydrogen-bond acceptors (Lipinski definition) is 4. The van der Waals surface area contributed by atoms with Crippen LogP contribution < -0.4 is 16.8 Å². The number of nitrogens with one attached hydrogen (secondary N) is 1. The van der Waals surface area contributed by atoms with E-state index in [4.69, 9.17) is 11.5 Å². The summed E-state index contributed by atoms with van der Waals surface area (Å²) in [7, 11) is 0. The maximum atomic E-state index is 12.1. The molecule has 2 aromatic rings. The van der Waals surface area contributed by atoms with Crippen LogP contribution in [0.3, 0.4) is 0 Å². The van der Waals surface area contributed by atoms with Crippen molar-refractivity contribution >= 4 is 17.5 Å². The highest BCUT2D eigenvalue weighted by molar-refractivity contribution is 5.97. The molecule has 6 nitrogen and oxygen atoms in total. The summed E-state index contributed by atoms with van der Waals surface area (Å²) in [6, 6.07) is 12.4. The molecule has 27 heavy (non-hydrogen) atoms. The highest BCUT2D eigenvalue weighted by Gasteiger charge is 2.23. The highest BCUT2D eigenvalue weighted by Crippen LogP contribution is 2.05. The lowest BCUT2D eigenvalue weighted by Crippen LogP contribution is -2.50. The van der Waals surface area contributed by atoms with Crippen molar-refractivity contribution in [2.24, 2.45) is 5.73 Å². The number of rotatable bonds is 4. The van der Waals surface area contributed by atoms with Crippen LogP contribution in [0.2, 0.25) is 0 Å². The van der Waals surface area contributed by atoms with Crippen molar-refractivity contribution in [1.29, 1.82) is 0 Å². The number of hydrogen-bond donors (Lipinski definition) is 4. The van der Waals surface area contributed by atoms with Gasteiger partial charge in [0, 0.05) is 22.4 Å². The molecular weight excluding hydrogens is 342 g/mol. The van der Waals surface area contributed by atoms with Gasteiger partial charge in [-0.05, 0) is 67.3 Å². The minimum Gasteiger partial charge on any atom is -0.399 e. The lowest BCUT2D eigenvalue weighted by atomic mass is 10.1. The second-order valence-electron chi connectivity index (χ2n) is 5.79. The summed E-state index contributed by atoms with van der Waals surface area (Å²) in [5.41, 5.74) is 13.2. The highest BCUT2D eigenvalue weighted by atomic mass is 16.3. The number of aliphatic hydroxyl groups excluding tert-OH is 1. The van der Waals surface area contributed by atoms with Gasteiger partial charge in [-0.15, -0.1) is 0 Å². The molecule has 6 heteroatoms. The van der Waals surface area contributed by atoms with Crippen molar-refractivity contribution in [3.05, 3.63) is 65.2 Å². The average molecular weight is 361 g/mol. The van der Waals surface area contributed by atoms with Gasteiger partial charge >= 0.3 is 0 Å². The van der Waals surface area contributed by atoms with Crippen LogP contribution in [0.4, 0.5) is 5.69 Å². The van der Waals surface area contributed by atoms with Crippen LogP contribution in [0.25, 0.3) is 0 Å². The number of nitrogen functional groups attached to an aromatic ring is 1. The fourth-order valence-electron chi connectivity index (χ4n) is 2.13. The fourth-order valence-corrected chi connectivity index (χ4v) is 2.13. The van der Waals surface area contributed by atoms with Crippen LogP contribution in [0.15, 0.2) is 48.5 Å². The molecule has 136 valence electrons. The van der Waals surface area contributed by atoms with Crippen molar-refractivity contribution in [3.63, 3.8) is 0 Å². The lowest BCUT2D eigenvalue weighted by molar-refractivity contribution is -0.122. The quantitative estimate of drug-likeness (QED) is 0.472. The molecule has 0 aliphatic carbocycles. The van der Waals surface area contributed by atoms with E-state index in [1.54, 1.807) is 36.4 Å². The van der Waals surface area contributed by atoms with Gasteiger partial charge < -0.3 is 21.9 Å². The zero-order valence-electron chi connectivity index (χ0n) is 14.7. The van der Waals surface area contributed by atoms with Crippen molar-refractivity contribution in [3.8, 4) is 23.7 Å². The molecule has 0 saturated carbocycles. The summed E-state index contributed by atoms with van der Waals surface area (Å²) in [5.74, 6) is 9.95. The van der Waals surface area contributed by atoms with Crippen LogP contribution in [-0.4, -0.2) is 29.1 Å². The normalized spacial score (nSPS) is 11.8. The van der Waals surface area contributed by atoms with E-state index in [2.05, 4.69) is 29.0 Å². The molecule has 0 unspecified atom stereocenters. The van der Waals surface area contributed by atoms with E-state index in [1.807, 2.05) is 12.1 Å². The standard InChI is InChI=1S/C21H19N3O3/c1-14(25)19(20(23)26)24-21(27)17-10-6-15(7-11-17)4-2-3-5-16-8-12-18(22)13-9-16/h6-14,19,25H,22H2,1H3,(H2,23,26)(H,24,27)/t14-,19+/m1/s1. The summed E-state index contributed by atoms with van der Waals surface area (Å²) in [6.07, 6.45) is -1.09. The van der Waals surface area contributed by atoms with Gasteiger partial charge in [-0.3, -0.25) is 9.59 Å². The lowest BCUT2D eigenvalue weighted by Gasteiger charge is -2.17. The Morgan fingerprint density at radius 2 is 1.44 bits per heavy atom. The SMILES string of the molecule is C[C@@H](O)[C@H](NC(=O)c1ccc(C#CC#Cc2ccc(N)cc2)cc1)C(N)=O. The van der Waals surface area contributed by atoms with Gasteiger partial charge in [-0.2, -0.15) is 0 Å². The van der Waals surface area contributed by atoms with Gasteiger partial charge in [0.2, 0.25) is 5.91 Å². The Bertz CT molecular complexity index is 941. The Kier molecular flexibility index (Phi) is 6.60. The third kappa shape index (κ3) is 5.93. The molecular formula is C21H19N3O3. The van der Waals surface area contributed by atoms with E-state index >= 15 is 0 Å². The average Bonchev–Trinajstić information content (AvgIpc) is 2.64. The minimum absolute atomic E-state index is 0.320. The minimum atomic E-state index is -1.15. The summed E-state index contributed by atoms with van der Waals surface area (Å²) < 4.78 is 0. The number of carbonyl (C=O) groups is 2. The van der Waals surface area contributed by atoms with Crippen LogP contribution >= 0.6 is 0 Å². The number of carbonyl (C=O) groups excluding carboxylic acids is 2. The molecule has 0 bridgehead atoms. The molecule has 0 aliphatic heterocycles. The van der Waals surface area contributed by atoms with Crippen LogP contribution in [-0.2, 0) is 4.79 Å². The topological polar surface area (TPSA) is 118 Å². The van der Waals surface area contributed by atoms with Crippen molar-refractivity contribution < 1.29 is 14.7 Å². The maximum Gasteiger partial charge on any atom is 0.252 e. The second kappa shape index (κ2) is 9.10. The zero-order chi connectivity index (χ0) is 19.8. The van der Waals surface area contributed by atoms with Gasteiger partial charge in [0.05, 0.1) is 6.10 Å². The molecule has 0 aliphatic rings. The summed E-state index contributed by atoms with van der Waals surface area (Å²) in [4.78, 5) is 23.4. The predicted molar refractivity (Wildman–Crippen MR) is 103 cm³/mol. The molecule has 2 aromatic carbocycles. The molecule has 0 saturated heterocycles. The maximum absolute atomic E-state index is 12.1. The number of aliphatic hydroxyl groups is 1. The van der Waals surface area contributed by atoms with Crippen LogP contribution in [0, 0.1) is 23.7 Å².